The summed E-state index contributed by atoms with van der Waals surface area (Å²) in [7, 11) is 1.67. The van der Waals surface area contributed by atoms with Crippen LogP contribution in [0, 0.1) is 6.92 Å². The summed E-state index contributed by atoms with van der Waals surface area (Å²) in [5.41, 5.74) is 2.76. The quantitative estimate of drug-likeness (QED) is 0.837. The summed E-state index contributed by atoms with van der Waals surface area (Å²) in [5.74, 6) is 0.637. The molecule has 0 amide bonds. The Hall–Kier alpha value is -1.94. The Morgan fingerprint density at radius 3 is 2.84 bits per heavy atom. The van der Waals surface area contributed by atoms with Crippen LogP contribution >= 0.6 is 0 Å². The Labute approximate surface area is 112 Å². The van der Waals surface area contributed by atoms with Crippen LogP contribution in [-0.2, 0) is 11.2 Å². The third kappa shape index (κ3) is 3.51. The topological polar surface area (TPSA) is 55.0 Å². The second kappa shape index (κ2) is 6.29. The van der Waals surface area contributed by atoms with Crippen molar-refractivity contribution in [3.05, 3.63) is 51.9 Å². The van der Waals surface area contributed by atoms with Crippen LogP contribution in [0.3, 0.4) is 0 Å². The van der Waals surface area contributed by atoms with E-state index in [1.54, 1.807) is 13.2 Å². The van der Waals surface area contributed by atoms with Crippen molar-refractivity contribution in [2.75, 3.05) is 13.7 Å². The van der Waals surface area contributed by atoms with Gasteiger partial charge in [-0.3, -0.25) is 4.79 Å². The second-order valence-electron chi connectivity index (χ2n) is 4.50. The first kappa shape index (κ1) is 13.5. The van der Waals surface area contributed by atoms with Gasteiger partial charge in [0.1, 0.15) is 5.82 Å². The van der Waals surface area contributed by atoms with Crippen LogP contribution in [0.5, 0.6) is 0 Å². The van der Waals surface area contributed by atoms with Crippen molar-refractivity contribution in [2.24, 2.45) is 0 Å². The van der Waals surface area contributed by atoms with E-state index in [0.29, 0.717) is 12.4 Å². The summed E-state index contributed by atoms with van der Waals surface area (Å²) >= 11 is 0. The van der Waals surface area contributed by atoms with E-state index in [0.717, 1.165) is 29.7 Å². The van der Waals surface area contributed by atoms with Crippen molar-refractivity contribution in [1.82, 2.24) is 9.97 Å². The lowest BCUT2D eigenvalue weighted by molar-refractivity contribution is 0.195. The van der Waals surface area contributed by atoms with Crippen LogP contribution in [0.1, 0.15) is 17.7 Å². The summed E-state index contributed by atoms with van der Waals surface area (Å²) < 4.78 is 5.01. The molecule has 0 aliphatic rings. The predicted octanol–water partition coefficient (Wildman–Crippen LogP) is 2.32. The van der Waals surface area contributed by atoms with Crippen molar-refractivity contribution in [1.29, 1.82) is 0 Å². The first-order chi connectivity index (χ1) is 9.20. The van der Waals surface area contributed by atoms with Gasteiger partial charge >= 0.3 is 0 Å². The molecule has 4 nitrogen and oxygen atoms in total. The van der Waals surface area contributed by atoms with Crippen molar-refractivity contribution in [3.8, 4) is 11.4 Å². The third-order valence-corrected chi connectivity index (χ3v) is 2.98. The molecule has 1 N–H and O–H groups in total. The molecule has 0 spiro atoms. The number of aryl methyl sites for hydroxylation is 2. The second-order valence-corrected chi connectivity index (χ2v) is 4.50. The van der Waals surface area contributed by atoms with Crippen molar-refractivity contribution >= 4 is 0 Å². The van der Waals surface area contributed by atoms with Crippen LogP contribution in [0.25, 0.3) is 11.4 Å². The molecule has 0 aliphatic carbocycles. The number of benzene rings is 1. The maximum Gasteiger partial charge on any atom is 0.251 e. The third-order valence-electron chi connectivity index (χ3n) is 2.98. The summed E-state index contributed by atoms with van der Waals surface area (Å²) in [6, 6.07) is 9.44. The van der Waals surface area contributed by atoms with Gasteiger partial charge in [0.25, 0.3) is 5.56 Å². The molecule has 0 saturated heterocycles. The molecule has 1 aromatic heterocycles. The van der Waals surface area contributed by atoms with E-state index in [1.807, 2.05) is 31.2 Å². The van der Waals surface area contributed by atoms with Gasteiger partial charge in [-0.2, -0.15) is 0 Å². The predicted molar refractivity (Wildman–Crippen MR) is 75.2 cm³/mol. The van der Waals surface area contributed by atoms with Gasteiger partial charge in [-0.15, -0.1) is 0 Å². The number of aromatic amines is 1. The Balaban J connectivity index is 2.31. The molecule has 0 atom stereocenters. The monoisotopic (exact) mass is 258 g/mol. The fraction of sp³-hybridized carbons (Fsp3) is 0.333. The summed E-state index contributed by atoms with van der Waals surface area (Å²) in [4.78, 5) is 19.0. The van der Waals surface area contributed by atoms with Gasteiger partial charge in [0.2, 0.25) is 0 Å². The van der Waals surface area contributed by atoms with Crippen LogP contribution in [-0.4, -0.2) is 23.7 Å². The van der Waals surface area contributed by atoms with Crippen LogP contribution < -0.4 is 5.56 Å². The highest BCUT2D eigenvalue weighted by atomic mass is 16.5. The average molecular weight is 258 g/mol. The molecule has 0 bridgehead atoms. The van der Waals surface area contributed by atoms with E-state index >= 15 is 0 Å². The number of aromatic nitrogens is 2. The smallest absolute Gasteiger partial charge is 0.251 e. The van der Waals surface area contributed by atoms with E-state index in [9.17, 15) is 4.79 Å². The fourth-order valence-corrected chi connectivity index (χ4v) is 2.00. The number of nitrogens with one attached hydrogen (secondary N) is 1. The molecule has 0 saturated carbocycles. The van der Waals surface area contributed by atoms with Gasteiger partial charge < -0.3 is 9.72 Å². The summed E-state index contributed by atoms with van der Waals surface area (Å²) in [5, 5.41) is 0. The Morgan fingerprint density at radius 1 is 1.32 bits per heavy atom. The van der Waals surface area contributed by atoms with Crippen LogP contribution in [0.4, 0.5) is 0 Å². The van der Waals surface area contributed by atoms with Gasteiger partial charge in [-0.05, 0) is 25.3 Å². The van der Waals surface area contributed by atoms with Gasteiger partial charge in [-0.1, -0.05) is 24.3 Å². The highest BCUT2D eigenvalue weighted by Gasteiger charge is 2.06. The minimum Gasteiger partial charge on any atom is -0.385 e. The normalized spacial score (nSPS) is 10.6. The van der Waals surface area contributed by atoms with Gasteiger partial charge in [0.15, 0.2) is 0 Å². The molecule has 2 aromatic rings. The molecule has 19 heavy (non-hydrogen) atoms. The van der Waals surface area contributed by atoms with Gasteiger partial charge in [-0.25, -0.2) is 4.98 Å². The summed E-state index contributed by atoms with van der Waals surface area (Å²) in [6.45, 7) is 2.68. The highest BCUT2D eigenvalue weighted by molar-refractivity contribution is 5.59. The molecule has 100 valence electrons. The molecule has 2 rings (SSSR count). The Bertz CT molecular complexity index is 605. The molecule has 0 aliphatic heterocycles. The van der Waals surface area contributed by atoms with E-state index in [-0.39, 0.29) is 5.56 Å². The molecular weight excluding hydrogens is 240 g/mol. The maximum atomic E-state index is 11.7. The lowest BCUT2D eigenvalue weighted by Crippen LogP contribution is -2.11. The molecule has 1 aromatic carbocycles. The van der Waals surface area contributed by atoms with Crippen molar-refractivity contribution in [2.45, 2.75) is 19.8 Å². The van der Waals surface area contributed by atoms with E-state index in [1.165, 1.54) is 0 Å². The van der Waals surface area contributed by atoms with E-state index in [4.69, 9.17) is 4.74 Å². The number of hydrogen-bond acceptors (Lipinski definition) is 3. The van der Waals surface area contributed by atoms with Gasteiger partial charge in [0.05, 0.1) is 0 Å². The zero-order valence-electron chi connectivity index (χ0n) is 11.3. The maximum absolute atomic E-state index is 11.7. The first-order valence-electron chi connectivity index (χ1n) is 6.36. The lowest BCUT2D eigenvalue weighted by Gasteiger charge is -2.06. The van der Waals surface area contributed by atoms with E-state index in [2.05, 4.69) is 9.97 Å². The standard InChI is InChI=1S/C15H18N2O2/c1-11-6-3-4-8-13(11)15-16-12(7-5-9-19-2)10-14(18)17-15/h3-4,6,8,10H,5,7,9H2,1-2H3,(H,16,17,18). The summed E-state index contributed by atoms with van der Waals surface area (Å²) in [6.07, 6.45) is 1.61. The fourth-order valence-electron chi connectivity index (χ4n) is 2.00. The van der Waals surface area contributed by atoms with Gasteiger partial charge in [0, 0.05) is 31.0 Å². The van der Waals surface area contributed by atoms with Crippen molar-refractivity contribution < 1.29 is 4.74 Å². The van der Waals surface area contributed by atoms with Crippen molar-refractivity contribution in [3.63, 3.8) is 0 Å². The average Bonchev–Trinajstić information content (AvgIpc) is 2.39. The molecule has 1 heterocycles. The number of rotatable bonds is 5. The molecule has 0 fully saturated rings. The largest absolute Gasteiger partial charge is 0.385 e. The highest BCUT2D eigenvalue weighted by Crippen LogP contribution is 2.18. The number of hydrogen-bond donors (Lipinski definition) is 1. The first-order valence-corrected chi connectivity index (χ1v) is 6.36. The zero-order valence-corrected chi connectivity index (χ0v) is 11.3. The SMILES string of the molecule is COCCCc1cc(=O)[nH]c(-c2ccccc2C)n1. The minimum atomic E-state index is -0.110. The minimum absolute atomic E-state index is 0.110. The number of ether oxygens (including phenoxy) is 1. The lowest BCUT2D eigenvalue weighted by atomic mass is 10.1. The van der Waals surface area contributed by atoms with Crippen LogP contribution in [0.2, 0.25) is 0 Å². The number of nitrogens with zero attached hydrogens (tertiary/aromatic N) is 1. The number of H-pyrrole nitrogens is 1. The Morgan fingerprint density at radius 2 is 2.11 bits per heavy atom. The molecule has 4 heteroatoms. The van der Waals surface area contributed by atoms with E-state index < -0.39 is 0 Å². The molecule has 0 unspecified atom stereocenters. The Kier molecular flexibility index (Phi) is 4.47. The molecular formula is C15H18N2O2. The van der Waals surface area contributed by atoms with Crippen LogP contribution in [0.15, 0.2) is 35.1 Å². The zero-order chi connectivity index (χ0) is 13.7. The molecule has 0 radical (unpaired) electrons. The number of methoxy groups -OCH3 is 1.